The Kier molecular flexibility index (Phi) is 5.09. The van der Waals surface area contributed by atoms with E-state index in [0.717, 1.165) is 6.42 Å². The molecule has 0 saturated heterocycles. The lowest BCUT2D eigenvalue weighted by Gasteiger charge is -2.09. The van der Waals surface area contributed by atoms with Gasteiger partial charge in [-0.3, -0.25) is 4.79 Å². The van der Waals surface area contributed by atoms with Gasteiger partial charge in [0, 0.05) is 5.69 Å². The summed E-state index contributed by atoms with van der Waals surface area (Å²) in [5, 5.41) is 3.16. The first-order valence-electron chi connectivity index (χ1n) is 6.09. The SMILES string of the molecule is CCCOc1ccc(NC(=O)c2ccc(Br)o2)cc1Cl. The topological polar surface area (TPSA) is 51.5 Å². The van der Waals surface area contributed by atoms with E-state index in [4.69, 9.17) is 20.8 Å². The van der Waals surface area contributed by atoms with Crippen LogP contribution in [0.2, 0.25) is 5.02 Å². The molecule has 1 aromatic carbocycles. The maximum absolute atomic E-state index is 11.9. The lowest BCUT2D eigenvalue weighted by Crippen LogP contribution is -2.10. The van der Waals surface area contributed by atoms with E-state index >= 15 is 0 Å². The summed E-state index contributed by atoms with van der Waals surface area (Å²) in [4.78, 5) is 11.9. The minimum atomic E-state index is -0.339. The molecular weight excluding hydrogens is 346 g/mol. The van der Waals surface area contributed by atoms with Gasteiger partial charge in [0.25, 0.3) is 5.91 Å². The van der Waals surface area contributed by atoms with Crippen LogP contribution in [0.25, 0.3) is 0 Å². The molecule has 6 heteroatoms. The summed E-state index contributed by atoms with van der Waals surface area (Å²) in [6, 6.07) is 8.34. The van der Waals surface area contributed by atoms with Crippen LogP contribution in [0.15, 0.2) is 39.4 Å². The van der Waals surface area contributed by atoms with Crippen LogP contribution in [0.3, 0.4) is 0 Å². The van der Waals surface area contributed by atoms with Crippen molar-refractivity contribution in [2.24, 2.45) is 0 Å². The number of halogens is 2. The summed E-state index contributed by atoms with van der Waals surface area (Å²) in [5.74, 6) is 0.487. The first-order chi connectivity index (χ1) is 9.60. The zero-order valence-corrected chi connectivity index (χ0v) is 13.1. The van der Waals surface area contributed by atoms with E-state index in [-0.39, 0.29) is 11.7 Å². The summed E-state index contributed by atoms with van der Waals surface area (Å²) < 4.78 is 11.1. The molecule has 0 spiro atoms. The molecule has 106 valence electrons. The van der Waals surface area contributed by atoms with E-state index in [0.29, 0.717) is 27.7 Å². The van der Waals surface area contributed by atoms with Crippen molar-refractivity contribution in [3.05, 3.63) is 45.8 Å². The Morgan fingerprint density at radius 1 is 1.40 bits per heavy atom. The van der Waals surface area contributed by atoms with Crippen LogP contribution in [0, 0.1) is 0 Å². The van der Waals surface area contributed by atoms with E-state index < -0.39 is 0 Å². The van der Waals surface area contributed by atoms with Crippen LogP contribution < -0.4 is 10.1 Å². The molecule has 1 heterocycles. The average molecular weight is 359 g/mol. The summed E-state index contributed by atoms with van der Waals surface area (Å²) in [7, 11) is 0. The van der Waals surface area contributed by atoms with Crippen molar-refractivity contribution in [3.63, 3.8) is 0 Å². The number of hydrogen-bond donors (Lipinski definition) is 1. The zero-order valence-electron chi connectivity index (χ0n) is 10.8. The molecular formula is C14H13BrClNO3. The van der Waals surface area contributed by atoms with Gasteiger partial charge in [0.15, 0.2) is 10.4 Å². The quantitative estimate of drug-likeness (QED) is 0.840. The Labute approximate surface area is 130 Å². The number of nitrogens with one attached hydrogen (secondary N) is 1. The number of rotatable bonds is 5. The number of hydrogen-bond acceptors (Lipinski definition) is 3. The smallest absolute Gasteiger partial charge is 0.291 e. The third kappa shape index (κ3) is 3.77. The van der Waals surface area contributed by atoms with E-state index in [2.05, 4.69) is 21.2 Å². The third-order valence-electron chi connectivity index (χ3n) is 2.45. The summed E-state index contributed by atoms with van der Waals surface area (Å²) in [5.41, 5.74) is 0.580. The second-order valence-corrected chi connectivity index (χ2v) is 5.24. The number of anilines is 1. The van der Waals surface area contributed by atoms with Gasteiger partial charge in [-0.25, -0.2) is 0 Å². The Balaban J connectivity index is 2.06. The minimum absolute atomic E-state index is 0.222. The van der Waals surface area contributed by atoms with Gasteiger partial charge in [-0.15, -0.1) is 0 Å². The van der Waals surface area contributed by atoms with Gasteiger partial charge in [-0.05, 0) is 52.7 Å². The first kappa shape index (κ1) is 14.9. The monoisotopic (exact) mass is 357 g/mol. The minimum Gasteiger partial charge on any atom is -0.492 e. The van der Waals surface area contributed by atoms with Crippen LogP contribution in [-0.2, 0) is 0 Å². The highest BCUT2D eigenvalue weighted by Gasteiger charge is 2.11. The van der Waals surface area contributed by atoms with Gasteiger partial charge < -0.3 is 14.5 Å². The van der Waals surface area contributed by atoms with Crippen molar-refractivity contribution in [3.8, 4) is 5.75 Å². The lowest BCUT2D eigenvalue weighted by molar-refractivity contribution is 0.0995. The van der Waals surface area contributed by atoms with Crippen molar-refractivity contribution in [1.29, 1.82) is 0 Å². The molecule has 0 saturated carbocycles. The highest BCUT2D eigenvalue weighted by Crippen LogP contribution is 2.28. The van der Waals surface area contributed by atoms with Crippen LogP contribution in [0.5, 0.6) is 5.75 Å². The highest BCUT2D eigenvalue weighted by molar-refractivity contribution is 9.10. The van der Waals surface area contributed by atoms with Crippen LogP contribution >= 0.6 is 27.5 Å². The Morgan fingerprint density at radius 2 is 2.20 bits per heavy atom. The number of carbonyl (C=O) groups excluding carboxylic acids is 1. The van der Waals surface area contributed by atoms with Crippen molar-refractivity contribution >= 4 is 39.1 Å². The van der Waals surface area contributed by atoms with Gasteiger partial charge in [-0.2, -0.15) is 0 Å². The molecule has 0 aliphatic carbocycles. The number of benzene rings is 1. The van der Waals surface area contributed by atoms with Crippen molar-refractivity contribution in [1.82, 2.24) is 0 Å². The maximum Gasteiger partial charge on any atom is 0.291 e. The molecule has 20 heavy (non-hydrogen) atoms. The molecule has 4 nitrogen and oxygen atoms in total. The van der Waals surface area contributed by atoms with Crippen molar-refractivity contribution in [2.75, 3.05) is 11.9 Å². The highest BCUT2D eigenvalue weighted by atomic mass is 79.9. The normalized spacial score (nSPS) is 10.3. The summed E-state index contributed by atoms with van der Waals surface area (Å²) >= 11 is 9.24. The van der Waals surface area contributed by atoms with E-state index in [1.54, 1.807) is 30.3 Å². The largest absolute Gasteiger partial charge is 0.492 e. The standard InChI is InChI=1S/C14H13BrClNO3/c1-2-7-19-11-4-3-9(8-10(11)16)17-14(18)12-5-6-13(15)20-12/h3-6,8H,2,7H2,1H3,(H,17,18). The van der Waals surface area contributed by atoms with E-state index in [1.165, 1.54) is 0 Å². The fraction of sp³-hybridized carbons (Fsp3) is 0.214. The van der Waals surface area contributed by atoms with Gasteiger partial charge in [0.05, 0.1) is 11.6 Å². The fourth-order valence-corrected chi connectivity index (χ4v) is 2.08. The third-order valence-corrected chi connectivity index (χ3v) is 3.17. The number of amides is 1. The second kappa shape index (κ2) is 6.81. The van der Waals surface area contributed by atoms with Gasteiger partial charge in [0.2, 0.25) is 0 Å². The van der Waals surface area contributed by atoms with Crippen molar-refractivity contribution in [2.45, 2.75) is 13.3 Å². The molecule has 0 aliphatic rings. The van der Waals surface area contributed by atoms with E-state index in [1.807, 2.05) is 6.92 Å². The molecule has 0 unspecified atom stereocenters. The molecule has 2 rings (SSSR count). The molecule has 1 N–H and O–H groups in total. The van der Waals surface area contributed by atoms with Gasteiger partial charge >= 0.3 is 0 Å². The van der Waals surface area contributed by atoms with Crippen LogP contribution in [0.4, 0.5) is 5.69 Å². The number of furan rings is 1. The second-order valence-electron chi connectivity index (χ2n) is 4.05. The predicted octanol–water partition coefficient (Wildman–Crippen LogP) is 4.74. The Morgan fingerprint density at radius 3 is 2.80 bits per heavy atom. The molecule has 1 aromatic heterocycles. The fourth-order valence-electron chi connectivity index (χ4n) is 1.54. The summed E-state index contributed by atoms with van der Waals surface area (Å²) in [6.45, 7) is 2.62. The number of ether oxygens (including phenoxy) is 1. The molecule has 0 bridgehead atoms. The molecule has 2 aromatic rings. The number of carbonyl (C=O) groups is 1. The maximum atomic E-state index is 11.9. The van der Waals surface area contributed by atoms with Gasteiger partial charge in [0.1, 0.15) is 5.75 Å². The Bertz CT molecular complexity index is 612. The molecule has 0 atom stereocenters. The van der Waals surface area contributed by atoms with Crippen LogP contribution in [0.1, 0.15) is 23.9 Å². The van der Waals surface area contributed by atoms with Crippen molar-refractivity contribution < 1.29 is 13.9 Å². The van der Waals surface area contributed by atoms with E-state index in [9.17, 15) is 4.79 Å². The first-order valence-corrected chi connectivity index (χ1v) is 7.26. The molecule has 1 amide bonds. The molecule has 0 radical (unpaired) electrons. The zero-order chi connectivity index (χ0) is 14.5. The molecule has 0 aliphatic heterocycles. The Hall–Kier alpha value is -1.46. The lowest BCUT2D eigenvalue weighted by atomic mass is 10.3. The summed E-state index contributed by atoms with van der Waals surface area (Å²) in [6.07, 6.45) is 0.905. The van der Waals surface area contributed by atoms with Crippen LogP contribution in [-0.4, -0.2) is 12.5 Å². The molecule has 0 fully saturated rings. The predicted molar refractivity (Wildman–Crippen MR) is 81.6 cm³/mol. The van der Waals surface area contributed by atoms with Gasteiger partial charge in [-0.1, -0.05) is 18.5 Å². The average Bonchev–Trinajstić information content (AvgIpc) is 2.85.